The van der Waals surface area contributed by atoms with Crippen molar-refractivity contribution in [2.75, 3.05) is 0 Å². The smallest absolute Gasteiger partial charge is 0.303 e. The van der Waals surface area contributed by atoms with E-state index < -0.39 is 11.6 Å². The fourth-order valence-electron chi connectivity index (χ4n) is 2.69. The fraction of sp³-hybridized carbons (Fsp3) is 0.917. The van der Waals surface area contributed by atoms with Crippen LogP contribution in [0.1, 0.15) is 52.4 Å². The second-order valence-electron chi connectivity index (χ2n) is 5.17. The molecule has 0 bridgehead atoms. The zero-order valence-electron chi connectivity index (χ0n) is 9.63. The number of halogens is 1. The maximum atomic E-state index is 13.9. The van der Waals surface area contributed by atoms with Crippen molar-refractivity contribution < 1.29 is 14.3 Å². The quantitative estimate of drug-likeness (QED) is 0.782. The molecule has 0 aliphatic heterocycles. The number of hydrogen-bond donors (Lipinski definition) is 1. The van der Waals surface area contributed by atoms with Gasteiger partial charge in [0.2, 0.25) is 0 Å². The first-order valence-electron chi connectivity index (χ1n) is 5.82. The van der Waals surface area contributed by atoms with Gasteiger partial charge in [-0.25, -0.2) is 4.39 Å². The van der Waals surface area contributed by atoms with Crippen LogP contribution >= 0.6 is 0 Å². The maximum absolute atomic E-state index is 13.9. The van der Waals surface area contributed by atoms with Crippen molar-refractivity contribution in [1.29, 1.82) is 0 Å². The molecule has 0 radical (unpaired) electrons. The number of rotatable bonds is 4. The molecule has 15 heavy (non-hydrogen) atoms. The molecule has 1 atom stereocenters. The van der Waals surface area contributed by atoms with E-state index >= 15 is 0 Å². The number of carbonyl (C=O) groups is 1. The summed E-state index contributed by atoms with van der Waals surface area (Å²) < 4.78 is 13.9. The van der Waals surface area contributed by atoms with E-state index in [4.69, 9.17) is 5.11 Å². The standard InChI is InChI=1S/C12H21FO2/c1-12(2,13)10(8-11(14)15)9-6-4-3-5-7-9/h9-10H,3-8H2,1-2H3,(H,14,15). The molecule has 1 fully saturated rings. The molecule has 0 aromatic carbocycles. The second-order valence-corrected chi connectivity index (χ2v) is 5.17. The van der Waals surface area contributed by atoms with Gasteiger partial charge in [0.25, 0.3) is 0 Å². The van der Waals surface area contributed by atoms with Crippen molar-refractivity contribution in [2.24, 2.45) is 11.8 Å². The SMILES string of the molecule is CC(C)(F)C(CC(=O)O)C1CCCCC1. The molecule has 0 heterocycles. The predicted molar refractivity (Wildman–Crippen MR) is 57.5 cm³/mol. The van der Waals surface area contributed by atoms with E-state index in [0.717, 1.165) is 25.7 Å². The van der Waals surface area contributed by atoms with Gasteiger partial charge in [-0.3, -0.25) is 4.79 Å². The monoisotopic (exact) mass is 216 g/mol. The number of alkyl halides is 1. The molecule has 0 spiro atoms. The van der Waals surface area contributed by atoms with Crippen molar-refractivity contribution in [3.8, 4) is 0 Å². The van der Waals surface area contributed by atoms with Gasteiger partial charge in [0.1, 0.15) is 5.67 Å². The topological polar surface area (TPSA) is 37.3 Å². The van der Waals surface area contributed by atoms with Crippen molar-refractivity contribution in [3.05, 3.63) is 0 Å². The Kier molecular flexibility index (Phi) is 4.12. The summed E-state index contributed by atoms with van der Waals surface area (Å²) in [6, 6.07) is 0. The van der Waals surface area contributed by atoms with Crippen LogP contribution in [-0.4, -0.2) is 16.7 Å². The van der Waals surface area contributed by atoms with Crippen molar-refractivity contribution >= 4 is 5.97 Å². The van der Waals surface area contributed by atoms with Crippen LogP contribution in [0.15, 0.2) is 0 Å². The molecule has 1 aliphatic rings. The average molecular weight is 216 g/mol. The first-order chi connectivity index (χ1) is 6.91. The molecule has 1 unspecified atom stereocenters. The van der Waals surface area contributed by atoms with Crippen LogP contribution in [0.3, 0.4) is 0 Å². The number of hydrogen-bond acceptors (Lipinski definition) is 1. The third-order valence-corrected chi connectivity index (χ3v) is 3.50. The molecular weight excluding hydrogens is 195 g/mol. The summed E-state index contributed by atoms with van der Waals surface area (Å²) in [5.41, 5.74) is -1.37. The van der Waals surface area contributed by atoms with Gasteiger partial charge < -0.3 is 5.11 Å². The summed E-state index contributed by atoms with van der Waals surface area (Å²) in [5, 5.41) is 8.81. The lowest BCUT2D eigenvalue weighted by Gasteiger charge is -2.35. The molecule has 1 rings (SSSR count). The van der Waals surface area contributed by atoms with Gasteiger partial charge in [-0.05, 0) is 19.8 Å². The van der Waals surface area contributed by atoms with Gasteiger partial charge in [0.15, 0.2) is 0 Å². The van der Waals surface area contributed by atoms with Crippen LogP contribution in [0.4, 0.5) is 4.39 Å². The highest BCUT2D eigenvalue weighted by Gasteiger charge is 2.37. The Labute approximate surface area is 90.9 Å². The molecule has 88 valence electrons. The second kappa shape index (κ2) is 4.95. The molecule has 0 amide bonds. The zero-order valence-corrected chi connectivity index (χ0v) is 9.63. The highest BCUT2D eigenvalue weighted by Crippen LogP contribution is 2.39. The van der Waals surface area contributed by atoms with Gasteiger partial charge in [-0.15, -0.1) is 0 Å². The van der Waals surface area contributed by atoms with Gasteiger partial charge in [-0.2, -0.15) is 0 Å². The lowest BCUT2D eigenvalue weighted by Crippen LogP contribution is -2.35. The summed E-state index contributed by atoms with van der Waals surface area (Å²) in [6.07, 6.45) is 5.40. The Bertz CT molecular complexity index is 214. The first-order valence-corrected chi connectivity index (χ1v) is 5.82. The summed E-state index contributed by atoms with van der Waals surface area (Å²) in [7, 11) is 0. The molecule has 0 aromatic rings. The molecular formula is C12H21FO2. The Hall–Kier alpha value is -0.600. The summed E-state index contributed by atoms with van der Waals surface area (Å²) in [6.45, 7) is 3.02. The van der Waals surface area contributed by atoms with E-state index in [0.29, 0.717) is 0 Å². The van der Waals surface area contributed by atoms with Gasteiger partial charge in [-0.1, -0.05) is 32.1 Å². The molecule has 0 aromatic heterocycles. The van der Waals surface area contributed by atoms with E-state index in [-0.39, 0.29) is 18.3 Å². The lowest BCUT2D eigenvalue weighted by molar-refractivity contribution is -0.140. The molecule has 3 heteroatoms. The molecule has 1 saturated carbocycles. The minimum absolute atomic E-state index is 0.0336. The van der Waals surface area contributed by atoms with Crippen molar-refractivity contribution in [1.82, 2.24) is 0 Å². The number of carboxylic acid groups (broad SMARTS) is 1. The van der Waals surface area contributed by atoms with Crippen molar-refractivity contribution in [2.45, 2.75) is 58.0 Å². The molecule has 1 aliphatic carbocycles. The summed E-state index contributed by atoms with van der Waals surface area (Å²) >= 11 is 0. The van der Waals surface area contributed by atoms with Crippen LogP contribution in [-0.2, 0) is 4.79 Å². The largest absolute Gasteiger partial charge is 0.481 e. The first kappa shape index (κ1) is 12.5. The van der Waals surface area contributed by atoms with E-state index in [1.807, 2.05) is 0 Å². The van der Waals surface area contributed by atoms with Gasteiger partial charge in [0.05, 0.1) is 6.42 Å². The van der Waals surface area contributed by atoms with Gasteiger partial charge in [0, 0.05) is 5.92 Å². The third kappa shape index (κ3) is 3.80. The normalized spacial score (nSPS) is 21.3. The highest BCUT2D eigenvalue weighted by atomic mass is 19.1. The molecule has 0 saturated heterocycles. The number of aliphatic carboxylic acids is 1. The Morgan fingerprint density at radius 1 is 1.40 bits per heavy atom. The van der Waals surface area contributed by atoms with Crippen LogP contribution < -0.4 is 0 Å². The van der Waals surface area contributed by atoms with Crippen molar-refractivity contribution in [3.63, 3.8) is 0 Å². The van der Waals surface area contributed by atoms with E-state index in [2.05, 4.69) is 0 Å². The fourth-order valence-corrected chi connectivity index (χ4v) is 2.69. The van der Waals surface area contributed by atoms with Crippen LogP contribution in [0.2, 0.25) is 0 Å². The van der Waals surface area contributed by atoms with Crippen LogP contribution in [0.5, 0.6) is 0 Å². The summed E-state index contributed by atoms with van der Waals surface area (Å²) in [4.78, 5) is 10.7. The average Bonchev–Trinajstić information content (AvgIpc) is 2.14. The Morgan fingerprint density at radius 3 is 2.33 bits per heavy atom. The van der Waals surface area contributed by atoms with E-state index in [1.165, 1.54) is 20.3 Å². The minimum atomic E-state index is -1.37. The maximum Gasteiger partial charge on any atom is 0.303 e. The van der Waals surface area contributed by atoms with Gasteiger partial charge >= 0.3 is 5.97 Å². The highest BCUT2D eigenvalue weighted by molar-refractivity contribution is 5.67. The van der Waals surface area contributed by atoms with E-state index in [9.17, 15) is 9.18 Å². The summed E-state index contributed by atoms with van der Waals surface area (Å²) in [5.74, 6) is -0.943. The predicted octanol–water partition coefficient (Wildman–Crippen LogP) is 3.41. The molecule has 1 N–H and O–H groups in total. The van der Waals surface area contributed by atoms with E-state index in [1.54, 1.807) is 0 Å². The molecule has 2 nitrogen and oxygen atoms in total. The lowest BCUT2D eigenvalue weighted by atomic mass is 9.72. The number of carboxylic acids is 1. The zero-order chi connectivity index (χ0) is 11.5. The minimum Gasteiger partial charge on any atom is -0.481 e. The third-order valence-electron chi connectivity index (χ3n) is 3.50. The van der Waals surface area contributed by atoms with Crippen LogP contribution in [0, 0.1) is 11.8 Å². The Balaban J connectivity index is 2.66. The Morgan fingerprint density at radius 2 is 1.93 bits per heavy atom. The van der Waals surface area contributed by atoms with Crippen LogP contribution in [0.25, 0.3) is 0 Å².